The molecule has 0 amide bonds. The molecule has 2 unspecified atom stereocenters. The van der Waals surface area contributed by atoms with Gasteiger partial charge in [-0.2, -0.15) is 0 Å². The predicted molar refractivity (Wildman–Crippen MR) is 47.3 cm³/mol. The number of hydrogen-bond donors (Lipinski definition) is 2. The van der Waals surface area contributed by atoms with E-state index < -0.39 is 11.9 Å². The van der Waals surface area contributed by atoms with Gasteiger partial charge in [0.05, 0.1) is 6.10 Å². The average molecular weight is 180 g/mol. The molecule has 1 aromatic rings. The fourth-order valence-corrected chi connectivity index (χ4v) is 1.60. The van der Waals surface area contributed by atoms with E-state index in [9.17, 15) is 10.2 Å². The summed E-state index contributed by atoms with van der Waals surface area (Å²) < 4.78 is 5.29. The van der Waals surface area contributed by atoms with E-state index in [1.165, 1.54) is 0 Å². The smallest absolute Gasteiger partial charge is 0.208 e. The molecule has 3 heteroatoms. The lowest BCUT2D eigenvalue weighted by atomic mass is 9.98. The molecule has 0 saturated carbocycles. The van der Waals surface area contributed by atoms with Crippen LogP contribution in [0, 0.1) is 0 Å². The molecule has 2 atom stereocenters. The maximum absolute atomic E-state index is 9.66. The Hall–Kier alpha value is -1.06. The molecule has 0 radical (unpaired) electrons. The van der Waals surface area contributed by atoms with Crippen molar-refractivity contribution in [2.75, 3.05) is 0 Å². The Morgan fingerprint density at radius 2 is 2.15 bits per heavy atom. The van der Waals surface area contributed by atoms with Gasteiger partial charge in [-0.05, 0) is 6.07 Å². The molecule has 0 fully saturated rings. The monoisotopic (exact) mass is 180 g/mol. The number of aliphatic hydroxyl groups excluding tert-OH is 1. The van der Waals surface area contributed by atoms with E-state index in [0.717, 1.165) is 5.56 Å². The van der Waals surface area contributed by atoms with Crippen molar-refractivity contribution in [2.45, 2.75) is 25.2 Å². The van der Waals surface area contributed by atoms with Crippen molar-refractivity contribution < 1.29 is 14.9 Å². The zero-order valence-electron chi connectivity index (χ0n) is 7.40. The summed E-state index contributed by atoms with van der Waals surface area (Å²) in [5.41, 5.74) is 0.744. The summed E-state index contributed by atoms with van der Waals surface area (Å²) in [5.74, 6) is -0.695. The second kappa shape index (κ2) is 2.72. The number of aliphatic hydroxyl groups is 2. The van der Waals surface area contributed by atoms with Gasteiger partial charge in [0, 0.05) is 18.9 Å². The van der Waals surface area contributed by atoms with Gasteiger partial charge in [-0.3, -0.25) is 0 Å². The maximum atomic E-state index is 9.66. The third-order valence-corrected chi connectivity index (χ3v) is 2.18. The highest BCUT2D eigenvalue weighted by Gasteiger charge is 2.34. The van der Waals surface area contributed by atoms with E-state index in [2.05, 4.69) is 0 Å². The van der Waals surface area contributed by atoms with Crippen LogP contribution in [0.1, 0.15) is 25.0 Å². The van der Waals surface area contributed by atoms with Crippen molar-refractivity contribution in [3.05, 3.63) is 29.8 Å². The second-order valence-electron chi connectivity index (χ2n) is 3.53. The molecule has 0 aliphatic carbocycles. The van der Waals surface area contributed by atoms with Crippen LogP contribution < -0.4 is 4.74 Å². The largest absolute Gasteiger partial charge is 0.462 e. The molecule has 0 aromatic heterocycles. The van der Waals surface area contributed by atoms with Gasteiger partial charge in [0.25, 0.3) is 0 Å². The Labute approximate surface area is 76.6 Å². The van der Waals surface area contributed by atoms with E-state index >= 15 is 0 Å². The van der Waals surface area contributed by atoms with Gasteiger partial charge >= 0.3 is 0 Å². The summed E-state index contributed by atoms with van der Waals surface area (Å²) in [6.45, 7) is 1.55. The van der Waals surface area contributed by atoms with Gasteiger partial charge in [-0.1, -0.05) is 18.2 Å². The molecule has 13 heavy (non-hydrogen) atoms. The predicted octanol–water partition coefficient (Wildman–Crippen LogP) is 1.21. The third kappa shape index (κ3) is 1.53. The molecule has 1 aliphatic rings. The SMILES string of the molecule is CC1(O)CC(O)c2ccccc2O1. The summed E-state index contributed by atoms with van der Waals surface area (Å²) in [4.78, 5) is 0. The second-order valence-corrected chi connectivity index (χ2v) is 3.53. The number of fused-ring (bicyclic) bond motifs is 1. The van der Waals surface area contributed by atoms with Crippen LogP contribution in [0.2, 0.25) is 0 Å². The molecule has 0 bridgehead atoms. The standard InChI is InChI=1S/C10H12O3/c1-10(12)6-8(11)7-4-2-3-5-9(7)13-10/h2-5,8,11-12H,6H2,1H3. The number of rotatable bonds is 0. The first kappa shape index (κ1) is 8.53. The summed E-state index contributed by atoms with van der Waals surface area (Å²) in [6.07, 6.45) is -0.427. The van der Waals surface area contributed by atoms with Crippen LogP contribution in [-0.4, -0.2) is 16.0 Å². The minimum Gasteiger partial charge on any atom is -0.462 e. The van der Waals surface area contributed by atoms with Crippen LogP contribution in [0.15, 0.2) is 24.3 Å². The molecular formula is C10H12O3. The zero-order chi connectivity index (χ0) is 9.47. The summed E-state index contributed by atoms with van der Waals surface area (Å²) >= 11 is 0. The fourth-order valence-electron chi connectivity index (χ4n) is 1.60. The van der Waals surface area contributed by atoms with Gasteiger partial charge in [0.1, 0.15) is 5.75 Å². The van der Waals surface area contributed by atoms with Crippen molar-refractivity contribution in [1.29, 1.82) is 0 Å². The topological polar surface area (TPSA) is 49.7 Å². The number of ether oxygens (including phenoxy) is 1. The Morgan fingerprint density at radius 1 is 1.46 bits per heavy atom. The van der Waals surface area contributed by atoms with Gasteiger partial charge in [-0.15, -0.1) is 0 Å². The van der Waals surface area contributed by atoms with Crippen LogP contribution in [0.5, 0.6) is 5.75 Å². The van der Waals surface area contributed by atoms with E-state index in [1.54, 1.807) is 19.1 Å². The van der Waals surface area contributed by atoms with Crippen LogP contribution >= 0.6 is 0 Å². The molecule has 1 aliphatic heterocycles. The molecule has 0 saturated heterocycles. The van der Waals surface area contributed by atoms with Crippen LogP contribution in [-0.2, 0) is 0 Å². The van der Waals surface area contributed by atoms with E-state index in [-0.39, 0.29) is 6.42 Å². The molecule has 70 valence electrons. The van der Waals surface area contributed by atoms with E-state index in [0.29, 0.717) is 5.75 Å². The lowest BCUT2D eigenvalue weighted by molar-refractivity contribution is -0.158. The van der Waals surface area contributed by atoms with Gasteiger partial charge in [-0.25, -0.2) is 0 Å². The zero-order valence-corrected chi connectivity index (χ0v) is 7.40. The highest BCUT2D eigenvalue weighted by atomic mass is 16.6. The Morgan fingerprint density at radius 3 is 2.92 bits per heavy atom. The summed E-state index contributed by atoms with van der Waals surface area (Å²) in [6, 6.07) is 7.19. The van der Waals surface area contributed by atoms with Crippen LogP contribution in [0.25, 0.3) is 0 Å². The number of hydrogen-bond acceptors (Lipinski definition) is 3. The molecule has 3 nitrogen and oxygen atoms in total. The first-order valence-electron chi connectivity index (χ1n) is 4.27. The van der Waals surface area contributed by atoms with Crippen LogP contribution in [0.4, 0.5) is 0 Å². The number of para-hydroxylation sites is 1. The van der Waals surface area contributed by atoms with Crippen molar-refractivity contribution >= 4 is 0 Å². The van der Waals surface area contributed by atoms with Gasteiger partial charge < -0.3 is 14.9 Å². The summed E-state index contributed by atoms with van der Waals surface area (Å²) in [7, 11) is 0. The van der Waals surface area contributed by atoms with Crippen molar-refractivity contribution in [1.82, 2.24) is 0 Å². The Balaban J connectivity index is 2.43. The molecule has 2 rings (SSSR count). The highest BCUT2D eigenvalue weighted by molar-refractivity contribution is 5.37. The van der Waals surface area contributed by atoms with Crippen molar-refractivity contribution in [2.24, 2.45) is 0 Å². The molecule has 1 heterocycles. The third-order valence-electron chi connectivity index (χ3n) is 2.18. The first-order valence-corrected chi connectivity index (χ1v) is 4.27. The maximum Gasteiger partial charge on any atom is 0.208 e. The van der Waals surface area contributed by atoms with Crippen molar-refractivity contribution in [3.63, 3.8) is 0 Å². The molecular weight excluding hydrogens is 168 g/mol. The van der Waals surface area contributed by atoms with E-state index in [1.807, 2.05) is 12.1 Å². The molecule has 2 N–H and O–H groups in total. The molecule has 0 spiro atoms. The number of benzene rings is 1. The highest BCUT2D eigenvalue weighted by Crippen LogP contribution is 2.37. The molecule has 1 aromatic carbocycles. The lowest BCUT2D eigenvalue weighted by Crippen LogP contribution is -2.37. The normalized spacial score (nSPS) is 32.1. The fraction of sp³-hybridized carbons (Fsp3) is 0.400. The van der Waals surface area contributed by atoms with E-state index in [4.69, 9.17) is 4.74 Å². The van der Waals surface area contributed by atoms with Crippen molar-refractivity contribution in [3.8, 4) is 5.75 Å². The summed E-state index contributed by atoms with van der Waals surface area (Å²) in [5, 5.41) is 19.3. The Kier molecular flexibility index (Phi) is 1.78. The minimum atomic E-state index is -1.26. The average Bonchev–Trinajstić information content (AvgIpc) is 2.02. The quantitative estimate of drug-likeness (QED) is 0.631. The lowest BCUT2D eigenvalue weighted by Gasteiger charge is -2.33. The van der Waals surface area contributed by atoms with Crippen LogP contribution in [0.3, 0.4) is 0 Å². The Bertz CT molecular complexity index is 320. The first-order chi connectivity index (χ1) is 6.08. The van der Waals surface area contributed by atoms with Gasteiger partial charge in [0.15, 0.2) is 0 Å². The van der Waals surface area contributed by atoms with Gasteiger partial charge in [0.2, 0.25) is 5.79 Å². The minimum absolute atomic E-state index is 0.212.